The van der Waals surface area contributed by atoms with Crippen LogP contribution in [0.4, 0.5) is 18.9 Å². The van der Waals surface area contributed by atoms with Gasteiger partial charge >= 0.3 is 12.1 Å². The van der Waals surface area contributed by atoms with E-state index in [4.69, 9.17) is 16.3 Å². The summed E-state index contributed by atoms with van der Waals surface area (Å²) in [7, 11) is 0. The molecular weight excluding hydrogens is 359 g/mol. The molecule has 2 aromatic rings. The largest absolute Gasteiger partial charge is 0.447 e. The summed E-state index contributed by atoms with van der Waals surface area (Å²) in [5.41, 5.74) is -0.816. The van der Waals surface area contributed by atoms with Gasteiger partial charge in [-0.1, -0.05) is 41.9 Å². The predicted molar refractivity (Wildman–Crippen MR) is 86.0 cm³/mol. The number of alkyl halides is 3. The first-order valence-electron chi connectivity index (χ1n) is 7.08. The van der Waals surface area contributed by atoms with Crippen molar-refractivity contribution in [2.24, 2.45) is 0 Å². The maximum Gasteiger partial charge on any atom is 0.416 e. The van der Waals surface area contributed by atoms with Crippen molar-refractivity contribution in [3.63, 3.8) is 0 Å². The quantitative estimate of drug-likeness (QED) is 0.799. The smallest absolute Gasteiger partial charge is 0.416 e. The summed E-state index contributed by atoms with van der Waals surface area (Å²) in [6, 6.07) is 10.6. The lowest BCUT2D eigenvalue weighted by molar-refractivity contribution is -0.152. The molecule has 1 amide bonds. The van der Waals surface area contributed by atoms with Gasteiger partial charge in [0.15, 0.2) is 0 Å². The number of amides is 1. The van der Waals surface area contributed by atoms with Crippen molar-refractivity contribution in [1.82, 2.24) is 0 Å². The summed E-state index contributed by atoms with van der Waals surface area (Å²) in [4.78, 5) is 23.7. The number of hydrogen-bond acceptors (Lipinski definition) is 3. The molecule has 4 nitrogen and oxygen atoms in total. The van der Waals surface area contributed by atoms with E-state index in [-0.39, 0.29) is 10.7 Å². The first kappa shape index (κ1) is 18.8. The van der Waals surface area contributed by atoms with Crippen LogP contribution in [0.3, 0.4) is 0 Å². The zero-order valence-corrected chi connectivity index (χ0v) is 13.7. The van der Waals surface area contributed by atoms with Crippen LogP contribution < -0.4 is 5.32 Å². The van der Waals surface area contributed by atoms with Gasteiger partial charge in [-0.2, -0.15) is 13.2 Å². The Kier molecular flexibility index (Phi) is 5.69. The zero-order valence-electron chi connectivity index (χ0n) is 12.9. The second-order valence-corrected chi connectivity index (χ2v) is 5.49. The lowest BCUT2D eigenvalue weighted by Crippen LogP contribution is -2.25. The van der Waals surface area contributed by atoms with Crippen molar-refractivity contribution in [3.8, 4) is 0 Å². The first-order valence-corrected chi connectivity index (χ1v) is 7.46. The molecule has 0 aliphatic heterocycles. The van der Waals surface area contributed by atoms with Crippen LogP contribution >= 0.6 is 11.6 Å². The van der Waals surface area contributed by atoms with Crippen molar-refractivity contribution in [2.45, 2.75) is 19.2 Å². The summed E-state index contributed by atoms with van der Waals surface area (Å²) in [5.74, 6) is -1.53. The van der Waals surface area contributed by atoms with Gasteiger partial charge in [0.25, 0.3) is 5.91 Å². The van der Waals surface area contributed by atoms with Crippen LogP contribution in [0.2, 0.25) is 5.02 Å². The monoisotopic (exact) mass is 371 g/mol. The van der Waals surface area contributed by atoms with Gasteiger partial charge in [-0.05, 0) is 18.2 Å². The van der Waals surface area contributed by atoms with Gasteiger partial charge in [-0.25, -0.2) is 0 Å². The third-order valence-electron chi connectivity index (χ3n) is 3.18. The molecule has 2 aromatic carbocycles. The summed E-state index contributed by atoms with van der Waals surface area (Å²) in [6.45, 7) is 1.13. The maximum absolute atomic E-state index is 12.8. The molecule has 0 saturated carbocycles. The Morgan fingerprint density at radius 1 is 1.12 bits per heavy atom. The SMILES string of the molecule is CC(=O)O[C@@H](C(=O)Nc1cc(C(F)(F)F)ccc1Cl)c1ccccc1. The molecular formula is C17H13ClF3NO3. The fraction of sp³-hybridized carbons (Fsp3) is 0.176. The number of hydrogen-bond donors (Lipinski definition) is 1. The Hall–Kier alpha value is -2.54. The number of halogens is 4. The Bertz CT molecular complexity index is 778. The molecule has 132 valence electrons. The van der Waals surface area contributed by atoms with Crippen LogP contribution in [0.1, 0.15) is 24.2 Å². The molecule has 0 fully saturated rings. The average Bonchev–Trinajstić information content (AvgIpc) is 2.54. The van der Waals surface area contributed by atoms with Gasteiger partial charge in [-0.3, -0.25) is 9.59 Å². The van der Waals surface area contributed by atoms with Crippen LogP contribution in [0.5, 0.6) is 0 Å². The van der Waals surface area contributed by atoms with Crippen LogP contribution in [0.15, 0.2) is 48.5 Å². The van der Waals surface area contributed by atoms with E-state index in [0.717, 1.165) is 25.1 Å². The maximum atomic E-state index is 12.8. The lowest BCUT2D eigenvalue weighted by atomic mass is 10.1. The van der Waals surface area contributed by atoms with E-state index in [0.29, 0.717) is 5.56 Å². The van der Waals surface area contributed by atoms with Gasteiger partial charge in [0.2, 0.25) is 6.10 Å². The summed E-state index contributed by atoms with van der Waals surface area (Å²) in [6.07, 6.45) is -5.90. The number of benzene rings is 2. The molecule has 0 aliphatic carbocycles. The third kappa shape index (κ3) is 4.96. The van der Waals surface area contributed by atoms with Crippen LogP contribution in [0, 0.1) is 0 Å². The second-order valence-electron chi connectivity index (χ2n) is 5.08. The van der Waals surface area contributed by atoms with E-state index in [9.17, 15) is 22.8 Å². The van der Waals surface area contributed by atoms with Gasteiger partial charge < -0.3 is 10.1 Å². The first-order chi connectivity index (χ1) is 11.7. The highest BCUT2D eigenvalue weighted by Crippen LogP contribution is 2.34. The second kappa shape index (κ2) is 7.57. The standard InChI is InChI=1S/C17H13ClF3NO3/c1-10(23)25-15(11-5-3-2-4-6-11)16(24)22-14-9-12(17(19,20)21)7-8-13(14)18/h2-9,15H,1H3,(H,22,24)/t15-/m1/s1. The molecule has 25 heavy (non-hydrogen) atoms. The fourth-order valence-corrected chi connectivity index (χ4v) is 2.23. The van der Waals surface area contributed by atoms with Crippen LogP contribution in [-0.4, -0.2) is 11.9 Å². The number of ether oxygens (including phenoxy) is 1. The van der Waals surface area contributed by atoms with E-state index in [1.807, 2.05) is 0 Å². The lowest BCUT2D eigenvalue weighted by Gasteiger charge is -2.18. The van der Waals surface area contributed by atoms with Crippen molar-refractivity contribution in [1.29, 1.82) is 0 Å². The van der Waals surface area contributed by atoms with Gasteiger partial charge in [-0.15, -0.1) is 0 Å². The third-order valence-corrected chi connectivity index (χ3v) is 3.51. The minimum absolute atomic E-state index is 0.0732. The number of esters is 1. The minimum Gasteiger partial charge on any atom is -0.447 e. The van der Waals surface area contributed by atoms with Crippen molar-refractivity contribution in [2.75, 3.05) is 5.32 Å². The Morgan fingerprint density at radius 2 is 1.76 bits per heavy atom. The van der Waals surface area contributed by atoms with Gasteiger partial charge in [0, 0.05) is 12.5 Å². The molecule has 2 rings (SSSR count). The zero-order chi connectivity index (χ0) is 18.6. The minimum atomic E-state index is -4.58. The number of carbonyl (C=O) groups is 2. The molecule has 1 N–H and O–H groups in total. The van der Waals surface area contributed by atoms with Crippen molar-refractivity contribution < 1.29 is 27.5 Å². The molecule has 0 heterocycles. The number of nitrogens with one attached hydrogen (secondary N) is 1. The predicted octanol–water partition coefficient (Wildman–Crippen LogP) is 4.60. The summed E-state index contributed by atoms with van der Waals surface area (Å²) in [5, 5.41) is 2.21. The van der Waals surface area contributed by atoms with Gasteiger partial charge in [0.05, 0.1) is 16.3 Å². The topological polar surface area (TPSA) is 55.4 Å². The van der Waals surface area contributed by atoms with E-state index in [1.54, 1.807) is 30.3 Å². The Morgan fingerprint density at radius 3 is 2.32 bits per heavy atom. The van der Waals surface area contributed by atoms with E-state index in [2.05, 4.69) is 5.32 Å². The molecule has 1 atom stereocenters. The van der Waals surface area contributed by atoms with E-state index in [1.165, 1.54) is 0 Å². The normalized spacial score (nSPS) is 12.4. The molecule has 0 unspecified atom stereocenters. The molecule has 0 aromatic heterocycles. The summed E-state index contributed by atoms with van der Waals surface area (Å²) >= 11 is 5.86. The molecule has 0 bridgehead atoms. The van der Waals surface area contributed by atoms with E-state index < -0.39 is 29.7 Å². The summed E-state index contributed by atoms with van der Waals surface area (Å²) < 4.78 is 43.4. The highest BCUT2D eigenvalue weighted by atomic mass is 35.5. The Balaban J connectivity index is 2.31. The van der Waals surface area contributed by atoms with Crippen LogP contribution in [-0.2, 0) is 20.5 Å². The van der Waals surface area contributed by atoms with E-state index >= 15 is 0 Å². The highest BCUT2D eigenvalue weighted by Gasteiger charge is 2.32. The number of carbonyl (C=O) groups excluding carboxylic acids is 2. The Labute approximate surface area is 146 Å². The van der Waals surface area contributed by atoms with Crippen molar-refractivity contribution in [3.05, 3.63) is 64.7 Å². The highest BCUT2D eigenvalue weighted by molar-refractivity contribution is 6.33. The molecule has 0 saturated heterocycles. The average molecular weight is 372 g/mol. The molecule has 0 radical (unpaired) electrons. The molecule has 0 aliphatic rings. The van der Waals surface area contributed by atoms with Crippen LogP contribution in [0.25, 0.3) is 0 Å². The molecule has 0 spiro atoms. The molecule has 8 heteroatoms. The fourth-order valence-electron chi connectivity index (χ4n) is 2.06. The van der Waals surface area contributed by atoms with Gasteiger partial charge in [0.1, 0.15) is 0 Å². The van der Waals surface area contributed by atoms with Crippen molar-refractivity contribution >= 4 is 29.2 Å². The number of anilines is 1. The number of rotatable bonds is 4.